The molecule has 2 N–H and O–H groups in total. The van der Waals surface area contributed by atoms with Crippen LogP contribution in [0.25, 0.3) is 0 Å². The molecule has 0 unspecified atom stereocenters. The highest BCUT2D eigenvalue weighted by molar-refractivity contribution is 5.89. The summed E-state index contributed by atoms with van der Waals surface area (Å²) < 4.78 is 0. The van der Waals surface area contributed by atoms with Gasteiger partial charge in [-0.15, -0.1) is 10.2 Å². The van der Waals surface area contributed by atoms with Crippen LogP contribution in [0.15, 0.2) is 36.4 Å². The fraction of sp³-hybridized carbons (Fsp3) is 0.500. The lowest BCUT2D eigenvalue weighted by molar-refractivity contribution is 0.188. The molecule has 9 heteroatoms. The molecule has 31 heavy (non-hydrogen) atoms. The lowest BCUT2D eigenvalue weighted by Crippen LogP contribution is -2.50. The van der Waals surface area contributed by atoms with Crippen LogP contribution in [0.3, 0.4) is 0 Å². The zero-order valence-corrected chi connectivity index (χ0v) is 18.1. The molecule has 2 amide bonds. The molecule has 0 bridgehead atoms. The molecule has 0 spiro atoms. The Bertz CT molecular complexity index is 860. The van der Waals surface area contributed by atoms with E-state index in [0.717, 1.165) is 68.7 Å². The molecule has 4 rings (SSSR count). The van der Waals surface area contributed by atoms with Crippen LogP contribution in [-0.4, -0.2) is 96.6 Å². The number of hydrogen-bond donors (Lipinski definition) is 2. The second kappa shape index (κ2) is 9.93. The minimum Gasteiger partial charge on any atom is -0.395 e. The third-order valence-corrected chi connectivity index (χ3v) is 5.91. The molecule has 166 valence electrons. The number of carbonyl (C=O) groups is 1. The number of amides is 2. The van der Waals surface area contributed by atoms with E-state index < -0.39 is 0 Å². The smallest absolute Gasteiger partial charge is 0.321 e. The summed E-state index contributed by atoms with van der Waals surface area (Å²) in [5.74, 6) is 1.74. The van der Waals surface area contributed by atoms with Gasteiger partial charge in [0.1, 0.15) is 0 Å². The summed E-state index contributed by atoms with van der Waals surface area (Å²) in [4.78, 5) is 21.1. The first-order chi connectivity index (χ1) is 15.1. The number of β-amino-alcohol motifs (C(OH)–C–C–N with tert-alkyl or cyclic N) is 1. The van der Waals surface area contributed by atoms with Gasteiger partial charge in [0.2, 0.25) is 0 Å². The van der Waals surface area contributed by atoms with E-state index >= 15 is 0 Å². The van der Waals surface area contributed by atoms with Gasteiger partial charge in [0.15, 0.2) is 11.6 Å². The van der Waals surface area contributed by atoms with Crippen molar-refractivity contribution in [3.8, 4) is 0 Å². The summed E-state index contributed by atoms with van der Waals surface area (Å²) in [6, 6.07) is 11.8. The Hall–Kier alpha value is -2.91. The molecule has 1 aromatic carbocycles. The fourth-order valence-corrected chi connectivity index (χ4v) is 4.06. The Morgan fingerprint density at radius 1 is 0.935 bits per heavy atom. The van der Waals surface area contributed by atoms with Crippen LogP contribution in [0.2, 0.25) is 0 Å². The molecule has 2 aliphatic rings. The number of aromatic nitrogens is 2. The van der Waals surface area contributed by atoms with Gasteiger partial charge in [-0.05, 0) is 36.8 Å². The number of urea groups is 1. The molecule has 0 atom stereocenters. The first-order valence-corrected chi connectivity index (χ1v) is 10.9. The Kier molecular flexibility index (Phi) is 6.83. The van der Waals surface area contributed by atoms with Gasteiger partial charge in [-0.1, -0.05) is 12.1 Å². The van der Waals surface area contributed by atoms with Crippen molar-refractivity contribution in [1.82, 2.24) is 20.0 Å². The normalized spacial score (nSPS) is 17.7. The van der Waals surface area contributed by atoms with Crippen molar-refractivity contribution in [2.45, 2.75) is 6.92 Å². The number of rotatable bonds is 5. The van der Waals surface area contributed by atoms with Gasteiger partial charge in [-0.3, -0.25) is 4.90 Å². The Balaban J connectivity index is 1.26. The third-order valence-electron chi connectivity index (χ3n) is 5.91. The number of aryl methyl sites for hydroxylation is 1. The second-order valence-corrected chi connectivity index (χ2v) is 8.08. The van der Waals surface area contributed by atoms with E-state index in [2.05, 4.69) is 30.2 Å². The third kappa shape index (κ3) is 5.42. The monoisotopic (exact) mass is 425 g/mol. The zero-order valence-electron chi connectivity index (χ0n) is 18.1. The van der Waals surface area contributed by atoms with Crippen LogP contribution < -0.4 is 15.1 Å². The van der Waals surface area contributed by atoms with Gasteiger partial charge >= 0.3 is 6.03 Å². The van der Waals surface area contributed by atoms with E-state index in [4.69, 9.17) is 5.11 Å². The summed E-state index contributed by atoms with van der Waals surface area (Å²) >= 11 is 0. The number of carbonyl (C=O) groups excluding carboxylic acids is 1. The average Bonchev–Trinajstić information content (AvgIpc) is 2.80. The number of benzene rings is 1. The van der Waals surface area contributed by atoms with Crippen molar-refractivity contribution >= 4 is 23.4 Å². The molecule has 2 fully saturated rings. The van der Waals surface area contributed by atoms with Gasteiger partial charge < -0.3 is 25.1 Å². The Morgan fingerprint density at radius 2 is 1.55 bits per heavy atom. The summed E-state index contributed by atoms with van der Waals surface area (Å²) in [6.07, 6.45) is 0. The van der Waals surface area contributed by atoms with Crippen LogP contribution in [-0.2, 0) is 0 Å². The van der Waals surface area contributed by atoms with Crippen molar-refractivity contribution in [3.05, 3.63) is 42.0 Å². The highest BCUT2D eigenvalue weighted by Crippen LogP contribution is 2.18. The average molecular weight is 426 g/mol. The number of nitrogens with one attached hydrogen (secondary N) is 1. The van der Waals surface area contributed by atoms with Crippen LogP contribution in [0, 0.1) is 6.92 Å². The zero-order chi connectivity index (χ0) is 21.6. The first-order valence-electron chi connectivity index (χ1n) is 10.9. The molecular weight excluding hydrogens is 394 g/mol. The van der Waals surface area contributed by atoms with Gasteiger partial charge in [-0.25, -0.2) is 4.79 Å². The first kappa shape index (κ1) is 21.3. The predicted octanol–water partition coefficient (Wildman–Crippen LogP) is 1.25. The van der Waals surface area contributed by atoms with Gasteiger partial charge in [0.05, 0.1) is 6.61 Å². The molecule has 0 radical (unpaired) electrons. The summed E-state index contributed by atoms with van der Waals surface area (Å²) in [5, 5.41) is 20.9. The second-order valence-electron chi connectivity index (χ2n) is 8.08. The van der Waals surface area contributed by atoms with Crippen molar-refractivity contribution < 1.29 is 9.90 Å². The van der Waals surface area contributed by atoms with Crippen molar-refractivity contribution in [2.75, 3.05) is 80.6 Å². The van der Waals surface area contributed by atoms with Crippen LogP contribution in [0.1, 0.15) is 5.56 Å². The quantitative estimate of drug-likeness (QED) is 0.746. The Labute approximate surface area is 183 Å². The van der Waals surface area contributed by atoms with Gasteiger partial charge in [0, 0.05) is 64.6 Å². The minimum atomic E-state index is -0.0629. The van der Waals surface area contributed by atoms with Crippen LogP contribution in [0.5, 0.6) is 0 Å². The summed E-state index contributed by atoms with van der Waals surface area (Å²) in [7, 11) is 0. The number of aliphatic hydroxyl groups is 1. The fourth-order valence-electron chi connectivity index (χ4n) is 4.06. The maximum Gasteiger partial charge on any atom is 0.321 e. The number of nitrogens with zero attached hydrogens (tertiary/aromatic N) is 6. The maximum atomic E-state index is 12.6. The van der Waals surface area contributed by atoms with E-state index in [1.807, 2.05) is 48.2 Å². The molecule has 2 aliphatic heterocycles. The van der Waals surface area contributed by atoms with E-state index in [0.29, 0.717) is 13.1 Å². The molecule has 0 saturated carbocycles. The minimum absolute atomic E-state index is 0.0629. The highest BCUT2D eigenvalue weighted by Gasteiger charge is 2.23. The van der Waals surface area contributed by atoms with E-state index in [1.165, 1.54) is 0 Å². The SMILES string of the molecule is Cc1cccc(NC(=O)N2CCN(c3ccc(N4CCN(CCO)CC4)nn3)CC2)c1. The highest BCUT2D eigenvalue weighted by atomic mass is 16.3. The largest absolute Gasteiger partial charge is 0.395 e. The summed E-state index contributed by atoms with van der Waals surface area (Å²) in [6.45, 7) is 9.34. The molecule has 2 saturated heterocycles. The standard InChI is InChI=1S/C22H31N7O2/c1-18-3-2-4-19(17-18)23-22(31)29-13-11-28(12-14-29)21-6-5-20(24-25-21)27-9-7-26(8-10-27)15-16-30/h2-6,17,30H,7-16H2,1H3,(H,23,31). The van der Waals surface area contributed by atoms with Crippen LogP contribution in [0.4, 0.5) is 22.1 Å². The number of aliphatic hydroxyl groups excluding tert-OH is 1. The molecule has 1 aromatic heterocycles. The topological polar surface area (TPSA) is 88.1 Å². The predicted molar refractivity (Wildman–Crippen MR) is 122 cm³/mol. The van der Waals surface area contributed by atoms with Crippen molar-refractivity contribution in [2.24, 2.45) is 0 Å². The number of anilines is 3. The van der Waals surface area contributed by atoms with Crippen molar-refractivity contribution in [1.29, 1.82) is 0 Å². The molecule has 9 nitrogen and oxygen atoms in total. The molecular formula is C22H31N7O2. The van der Waals surface area contributed by atoms with Crippen molar-refractivity contribution in [3.63, 3.8) is 0 Å². The number of hydrogen-bond acceptors (Lipinski definition) is 7. The van der Waals surface area contributed by atoms with E-state index in [-0.39, 0.29) is 12.6 Å². The summed E-state index contributed by atoms with van der Waals surface area (Å²) in [5.41, 5.74) is 1.95. The van der Waals surface area contributed by atoms with E-state index in [9.17, 15) is 4.79 Å². The number of piperazine rings is 2. The lowest BCUT2D eigenvalue weighted by atomic mass is 10.2. The van der Waals surface area contributed by atoms with E-state index in [1.54, 1.807) is 0 Å². The Morgan fingerprint density at radius 3 is 2.10 bits per heavy atom. The molecule has 2 aromatic rings. The van der Waals surface area contributed by atoms with Gasteiger partial charge in [0.25, 0.3) is 0 Å². The maximum absolute atomic E-state index is 12.6. The lowest BCUT2D eigenvalue weighted by Gasteiger charge is -2.36. The van der Waals surface area contributed by atoms with Gasteiger partial charge in [-0.2, -0.15) is 0 Å². The molecule has 3 heterocycles. The molecule has 0 aliphatic carbocycles. The van der Waals surface area contributed by atoms with Crippen LogP contribution >= 0.6 is 0 Å².